The van der Waals surface area contributed by atoms with Gasteiger partial charge >= 0.3 is 0 Å². The molecule has 52 valence electrons. The predicted molar refractivity (Wildman–Crippen MR) is 39.6 cm³/mol. The van der Waals surface area contributed by atoms with E-state index in [2.05, 4.69) is 0 Å². The van der Waals surface area contributed by atoms with Gasteiger partial charge in [0.1, 0.15) is 16.9 Å². The van der Waals surface area contributed by atoms with Crippen LogP contribution < -0.4 is 5.73 Å². The minimum Gasteiger partial charge on any atom is -0.396 e. The van der Waals surface area contributed by atoms with Crippen LogP contribution in [0.25, 0.3) is 0 Å². The SMILES string of the molecule is Cn1c(C#N)cc(N)c1Cl. The van der Waals surface area contributed by atoms with Crippen molar-refractivity contribution in [2.45, 2.75) is 0 Å². The molecule has 0 amide bonds. The van der Waals surface area contributed by atoms with Gasteiger partial charge in [-0.15, -0.1) is 0 Å². The van der Waals surface area contributed by atoms with E-state index in [1.165, 1.54) is 4.57 Å². The van der Waals surface area contributed by atoms with Crippen molar-refractivity contribution >= 4 is 17.3 Å². The van der Waals surface area contributed by atoms with E-state index in [0.29, 0.717) is 16.5 Å². The molecule has 0 bridgehead atoms. The summed E-state index contributed by atoms with van der Waals surface area (Å²) in [5.74, 6) is 0. The number of anilines is 1. The molecule has 1 aromatic rings. The number of aromatic nitrogens is 1. The third-order valence-corrected chi connectivity index (χ3v) is 1.77. The number of nitrogens with zero attached hydrogens (tertiary/aromatic N) is 2. The molecule has 1 aromatic heterocycles. The number of nitrogen functional groups attached to an aromatic ring is 1. The van der Waals surface area contributed by atoms with E-state index in [1.54, 1.807) is 13.1 Å². The zero-order chi connectivity index (χ0) is 7.72. The lowest BCUT2D eigenvalue weighted by Gasteiger charge is -1.93. The minimum absolute atomic E-state index is 0.413. The Morgan fingerprint density at radius 2 is 2.40 bits per heavy atom. The van der Waals surface area contributed by atoms with Crippen LogP contribution in [0.5, 0.6) is 0 Å². The average molecular weight is 156 g/mol. The summed E-state index contributed by atoms with van der Waals surface area (Å²) in [5, 5.41) is 8.88. The first kappa shape index (κ1) is 6.97. The highest BCUT2D eigenvalue weighted by Crippen LogP contribution is 2.21. The van der Waals surface area contributed by atoms with Crippen molar-refractivity contribution in [2.24, 2.45) is 7.05 Å². The van der Waals surface area contributed by atoms with Crippen LogP contribution in [-0.4, -0.2) is 4.57 Å². The van der Waals surface area contributed by atoms with Crippen LogP contribution in [-0.2, 0) is 7.05 Å². The van der Waals surface area contributed by atoms with Gasteiger partial charge in [-0.25, -0.2) is 0 Å². The van der Waals surface area contributed by atoms with E-state index in [0.717, 1.165) is 0 Å². The zero-order valence-electron chi connectivity index (χ0n) is 5.43. The highest BCUT2D eigenvalue weighted by molar-refractivity contribution is 6.32. The van der Waals surface area contributed by atoms with Gasteiger partial charge in [0.05, 0.1) is 5.69 Å². The number of hydrogen-bond donors (Lipinski definition) is 1. The van der Waals surface area contributed by atoms with Gasteiger partial charge in [0.25, 0.3) is 0 Å². The molecule has 0 radical (unpaired) electrons. The molecular formula is C6H6ClN3. The molecule has 0 saturated heterocycles. The van der Waals surface area contributed by atoms with Gasteiger partial charge in [-0.05, 0) is 6.07 Å². The number of nitriles is 1. The molecule has 0 aliphatic rings. The predicted octanol–water partition coefficient (Wildman–Crippen LogP) is 1.13. The Bertz CT molecular complexity index is 295. The van der Waals surface area contributed by atoms with Gasteiger partial charge in [0.2, 0.25) is 0 Å². The second-order valence-electron chi connectivity index (χ2n) is 1.95. The maximum absolute atomic E-state index is 8.47. The Labute approximate surface area is 63.6 Å². The largest absolute Gasteiger partial charge is 0.396 e. The van der Waals surface area contributed by atoms with Crippen LogP contribution in [0.3, 0.4) is 0 Å². The molecule has 10 heavy (non-hydrogen) atoms. The Balaban J connectivity index is 3.34. The van der Waals surface area contributed by atoms with Gasteiger partial charge in [0.15, 0.2) is 0 Å². The molecule has 0 atom stereocenters. The lowest BCUT2D eigenvalue weighted by molar-refractivity contribution is 0.910. The molecule has 0 spiro atoms. The first-order chi connectivity index (χ1) is 4.66. The van der Waals surface area contributed by atoms with Crippen molar-refractivity contribution in [3.05, 3.63) is 16.9 Å². The minimum atomic E-state index is 0.413. The van der Waals surface area contributed by atoms with Crippen molar-refractivity contribution in [1.29, 1.82) is 5.26 Å². The van der Waals surface area contributed by atoms with E-state index >= 15 is 0 Å². The van der Waals surface area contributed by atoms with Gasteiger partial charge in [-0.2, -0.15) is 5.26 Å². The number of halogens is 1. The van der Waals surface area contributed by atoms with E-state index in [-0.39, 0.29) is 0 Å². The zero-order valence-corrected chi connectivity index (χ0v) is 6.18. The Morgan fingerprint density at radius 3 is 2.60 bits per heavy atom. The number of hydrogen-bond acceptors (Lipinski definition) is 2. The van der Waals surface area contributed by atoms with Crippen LogP contribution in [0, 0.1) is 11.3 Å². The highest BCUT2D eigenvalue weighted by Gasteiger charge is 2.05. The van der Waals surface area contributed by atoms with Crippen molar-refractivity contribution < 1.29 is 0 Å². The first-order valence-electron chi connectivity index (χ1n) is 2.67. The normalized spacial score (nSPS) is 9.30. The van der Waals surface area contributed by atoms with Crippen molar-refractivity contribution in [1.82, 2.24) is 4.57 Å². The van der Waals surface area contributed by atoms with Crippen LogP contribution in [0.15, 0.2) is 6.07 Å². The van der Waals surface area contributed by atoms with Gasteiger partial charge in [-0.1, -0.05) is 11.6 Å². The van der Waals surface area contributed by atoms with E-state index in [4.69, 9.17) is 22.6 Å². The molecule has 0 aliphatic heterocycles. The molecule has 3 nitrogen and oxygen atoms in total. The first-order valence-corrected chi connectivity index (χ1v) is 3.05. The Morgan fingerprint density at radius 1 is 1.80 bits per heavy atom. The van der Waals surface area contributed by atoms with Crippen molar-refractivity contribution in [3.8, 4) is 6.07 Å². The second-order valence-corrected chi connectivity index (χ2v) is 2.30. The van der Waals surface area contributed by atoms with Crippen molar-refractivity contribution in [3.63, 3.8) is 0 Å². The maximum Gasteiger partial charge on any atom is 0.132 e. The summed E-state index contributed by atoms with van der Waals surface area (Å²) in [6.45, 7) is 0. The molecule has 4 heteroatoms. The van der Waals surface area contributed by atoms with Gasteiger partial charge in [-0.3, -0.25) is 0 Å². The third-order valence-electron chi connectivity index (χ3n) is 1.30. The van der Waals surface area contributed by atoms with Crippen LogP contribution in [0.1, 0.15) is 5.69 Å². The monoisotopic (exact) mass is 155 g/mol. The fraction of sp³-hybridized carbons (Fsp3) is 0.167. The summed E-state index contributed by atoms with van der Waals surface area (Å²) in [4.78, 5) is 0. The van der Waals surface area contributed by atoms with Gasteiger partial charge < -0.3 is 10.3 Å². The fourth-order valence-electron chi connectivity index (χ4n) is 0.710. The fourth-order valence-corrected chi connectivity index (χ4v) is 0.856. The molecule has 0 saturated carbocycles. The van der Waals surface area contributed by atoms with E-state index < -0.39 is 0 Å². The molecule has 0 aliphatic carbocycles. The lowest BCUT2D eigenvalue weighted by Crippen LogP contribution is -1.90. The lowest BCUT2D eigenvalue weighted by atomic mass is 10.4. The van der Waals surface area contributed by atoms with E-state index in [1.807, 2.05) is 6.07 Å². The van der Waals surface area contributed by atoms with E-state index in [9.17, 15) is 0 Å². The summed E-state index contributed by atoms with van der Waals surface area (Å²) in [6.07, 6.45) is 0. The molecule has 0 fully saturated rings. The Kier molecular flexibility index (Phi) is 1.56. The molecular weight excluding hydrogens is 150 g/mol. The molecule has 0 unspecified atom stereocenters. The standard InChI is InChI=1S/C6H6ClN3/c1-10-4(3-8)2-5(9)6(10)7/h2H,9H2,1H3. The smallest absolute Gasteiger partial charge is 0.132 e. The molecule has 1 rings (SSSR count). The average Bonchev–Trinajstić information content (AvgIpc) is 2.17. The number of rotatable bonds is 0. The number of nitrogens with two attached hydrogens (primary N) is 1. The maximum atomic E-state index is 8.47. The van der Waals surface area contributed by atoms with Crippen molar-refractivity contribution in [2.75, 3.05) is 5.73 Å². The van der Waals surface area contributed by atoms with Crippen LogP contribution >= 0.6 is 11.6 Å². The molecule has 2 N–H and O–H groups in total. The van der Waals surface area contributed by atoms with Crippen LogP contribution in [0.4, 0.5) is 5.69 Å². The summed E-state index contributed by atoms with van der Waals surface area (Å²) in [7, 11) is 1.69. The summed E-state index contributed by atoms with van der Waals surface area (Å²) < 4.78 is 1.54. The molecule has 1 heterocycles. The summed E-state index contributed by atoms with van der Waals surface area (Å²) in [6, 6.07) is 3.50. The quantitative estimate of drug-likeness (QED) is 0.611. The summed E-state index contributed by atoms with van der Waals surface area (Å²) in [5.41, 5.74) is 6.33. The van der Waals surface area contributed by atoms with Gasteiger partial charge in [0, 0.05) is 7.05 Å². The second kappa shape index (κ2) is 2.24. The Hall–Kier alpha value is -1.14. The topological polar surface area (TPSA) is 54.7 Å². The molecule has 0 aromatic carbocycles. The summed E-state index contributed by atoms with van der Waals surface area (Å²) >= 11 is 5.66. The highest BCUT2D eigenvalue weighted by atomic mass is 35.5. The van der Waals surface area contributed by atoms with Crippen LogP contribution in [0.2, 0.25) is 5.15 Å². The third kappa shape index (κ3) is 0.829.